The second-order valence-corrected chi connectivity index (χ2v) is 6.93. The standard InChI is InChI=1S/C18H19N5OS/c24-17(16-7-11-23(22-16)15-5-8-19-9-6-15)21-14-3-1-13(2-4-14)18-20-10-12-25-18/h1-4,7,10-12,15,19H,5-6,8-9H2,(H,21,24). The molecule has 0 radical (unpaired) electrons. The molecule has 1 aromatic carbocycles. The number of hydrogen-bond acceptors (Lipinski definition) is 5. The summed E-state index contributed by atoms with van der Waals surface area (Å²) in [4.78, 5) is 16.7. The summed E-state index contributed by atoms with van der Waals surface area (Å²) in [7, 11) is 0. The number of benzene rings is 1. The van der Waals surface area contributed by atoms with Gasteiger partial charge in [-0.3, -0.25) is 9.48 Å². The average Bonchev–Trinajstić information content (AvgIpc) is 3.35. The maximum absolute atomic E-state index is 12.4. The Morgan fingerprint density at radius 2 is 2.00 bits per heavy atom. The van der Waals surface area contributed by atoms with Crippen LogP contribution in [0.5, 0.6) is 0 Å². The van der Waals surface area contributed by atoms with E-state index in [9.17, 15) is 4.79 Å². The van der Waals surface area contributed by atoms with Gasteiger partial charge in [-0.15, -0.1) is 11.3 Å². The Morgan fingerprint density at radius 1 is 1.20 bits per heavy atom. The predicted molar refractivity (Wildman–Crippen MR) is 98.9 cm³/mol. The van der Waals surface area contributed by atoms with Gasteiger partial charge in [0.25, 0.3) is 5.91 Å². The molecule has 0 aliphatic carbocycles. The summed E-state index contributed by atoms with van der Waals surface area (Å²) in [6.07, 6.45) is 5.77. The fourth-order valence-corrected chi connectivity index (χ4v) is 3.64. The lowest BCUT2D eigenvalue weighted by molar-refractivity contribution is 0.102. The lowest BCUT2D eigenvalue weighted by atomic mass is 10.1. The highest BCUT2D eigenvalue weighted by atomic mass is 32.1. The summed E-state index contributed by atoms with van der Waals surface area (Å²) in [5, 5.41) is 13.6. The average molecular weight is 353 g/mol. The molecule has 4 rings (SSSR count). The molecule has 1 aliphatic rings. The van der Waals surface area contributed by atoms with Gasteiger partial charge in [-0.2, -0.15) is 5.10 Å². The van der Waals surface area contributed by atoms with Crippen LogP contribution in [0, 0.1) is 0 Å². The SMILES string of the molecule is O=C(Nc1ccc(-c2nccs2)cc1)c1ccn(C2CCNCC2)n1. The van der Waals surface area contributed by atoms with Gasteiger partial charge in [0, 0.05) is 29.0 Å². The first-order valence-electron chi connectivity index (χ1n) is 8.37. The molecule has 0 bridgehead atoms. The van der Waals surface area contributed by atoms with Crippen molar-refractivity contribution >= 4 is 22.9 Å². The topological polar surface area (TPSA) is 71.8 Å². The largest absolute Gasteiger partial charge is 0.321 e. The summed E-state index contributed by atoms with van der Waals surface area (Å²) in [5.41, 5.74) is 2.24. The third-order valence-electron chi connectivity index (χ3n) is 4.35. The molecule has 1 saturated heterocycles. The number of anilines is 1. The third-order valence-corrected chi connectivity index (χ3v) is 5.17. The summed E-state index contributed by atoms with van der Waals surface area (Å²) < 4.78 is 1.92. The van der Waals surface area contributed by atoms with E-state index in [0.717, 1.165) is 42.2 Å². The lowest BCUT2D eigenvalue weighted by Gasteiger charge is -2.22. The van der Waals surface area contributed by atoms with Crippen molar-refractivity contribution in [3.8, 4) is 10.6 Å². The van der Waals surface area contributed by atoms with Crippen molar-refractivity contribution in [3.63, 3.8) is 0 Å². The number of rotatable bonds is 4. The molecule has 0 atom stereocenters. The van der Waals surface area contributed by atoms with Gasteiger partial charge < -0.3 is 10.6 Å². The molecular formula is C18H19N5OS. The van der Waals surface area contributed by atoms with E-state index in [1.165, 1.54) is 0 Å². The number of thiazole rings is 1. The van der Waals surface area contributed by atoms with Crippen molar-refractivity contribution < 1.29 is 4.79 Å². The Hall–Kier alpha value is -2.51. The number of nitrogens with zero attached hydrogens (tertiary/aromatic N) is 3. The van der Waals surface area contributed by atoms with Crippen LogP contribution in [0.1, 0.15) is 29.4 Å². The smallest absolute Gasteiger partial charge is 0.276 e. The first-order valence-corrected chi connectivity index (χ1v) is 9.25. The van der Waals surface area contributed by atoms with Crippen molar-refractivity contribution in [3.05, 3.63) is 53.8 Å². The number of aromatic nitrogens is 3. The van der Waals surface area contributed by atoms with Crippen molar-refractivity contribution in [2.45, 2.75) is 18.9 Å². The first kappa shape index (κ1) is 16.0. The van der Waals surface area contributed by atoms with E-state index in [-0.39, 0.29) is 5.91 Å². The third kappa shape index (κ3) is 3.62. The Bertz CT molecular complexity index is 835. The van der Waals surface area contributed by atoms with Crippen LogP contribution >= 0.6 is 11.3 Å². The maximum atomic E-state index is 12.4. The highest BCUT2D eigenvalue weighted by Crippen LogP contribution is 2.23. The summed E-state index contributed by atoms with van der Waals surface area (Å²) in [5.74, 6) is -0.185. The molecule has 6 nitrogen and oxygen atoms in total. The molecule has 1 aliphatic heterocycles. The van der Waals surface area contributed by atoms with Crippen LogP contribution in [0.4, 0.5) is 5.69 Å². The number of amides is 1. The summed E-state index contributed by atoms with van der Waals surface area (Å²) in [6, 6.07) is 9.85. The Balaban J connectivity index is 1.42. The van der Waals surface area contributed by atoms with E-state index in [2.05, 4.69) is 20.7 Å². The van der Waals surface area contributed by atoms with Crippen LogP contribution in [0.3, 0.4) is 0 Å². The minimum atomic E-state index is -0.185. The van der Waals surface area contributed by atoms with Crippen molar-refractivity contribution in [1.82, 2.24) is 20.1 Å². The normalized spacial score (nSPS) is 15.2. The van der Waals surface area contributed by atoms with Crippen LogP contribution in [0.2, 0.25) is 0 Å². The van der Waals surface area contributed by atoms with Gasteiger partial charge in [0.05, 0.1) is 6.04 Å². The number of nitrogens with one attached hydrogen (secondary N) is 2. The Kier molecular flexibility index (Phi) is 4.58. The fourth-order valence-electron chi connectivity index (χ4n) is 2.99. The monoisotopic (exact) mass is 353 g/mol. The molecule has 3 aromatic rings. The summed E-state index contributed by atoms with van der Waals surface area (Å²) in [6.45, 7) is 2.00. The molecule has 3 heterocycles. The second-order valence-electron chi connectivity index (χ2n) is 6.03. The quantitative estimate of drug-likeness (QED) is 0.756. The van der Waals surface area contributed by atoms with E-state index < -0.39 is 0 Å². The van der Waals surface area contributed by atoms with Gasteiger partial charge in [0.15, 0.2) is 5.69 Å². The first-order chi connectivity index (χ1) is 12.3. The van der Waals surface area contributed by atoms with Gasteiger partial charge in [-0.1, -0.05) is 0 Å². The number of piperidine rings is 1. The van der Waals surface area contributed by atoms with Crippen molar-refractivity contribution in [1.29, 1.82) is 0 Å². The Morgan fingerprint density at radius 3 is 2.72 bits per heavy atom. The minimum Gasteiger partial charge on any atom is -0.321 e. The molecule has 7 heteroatoms. The van der Waals surface area contributed by atoms with Gasteiger partial charge in [0.2, 0.25) is 0 Å². The van der Waals surface area contributed by atoms with Gasteiger partial charge in [-0.25, -0.2) is 4.98 Å². The van der Waals surface area contributed by atoms with Crippen LogP contribution in [0.25, 0.3) is 10.6 Å². The van der Waals surface area contributed by atoms with Gasteiger partial charge >= 0.3 is 0 Å². The zero-order valence-corrected chi connectivity index (χ0v) is 14.5. The van der Waals surface area contributed by atoms with Crippen molar-refractivity contribution in [2.24, 2.45) is 0 Å². The van der Waals surface area contributed by atoms with E-state index in [4.69, 9.17) is 0 Å². The molecule has 128 valence electrons. The predicted octanol–water partition coefficient (Wildman–Crippen LogP) is 3.18. The maximum Gasteiger partial charge on any atom is 0.276 e. The number of carbonyl (C=O) groups is 1. The highest BCUT2D eigenvalue weighted by molar-refractivity contribution is 7.13. The zero-order chi connectivity index (χ0) is 17.1. The van der Waals surface area contributed by atoms with Crippen LogP contribution in [0.15, 0.2) is 48.1 Å². The van der Waals surface area contributed by atoms with Gasteiger partial charge in [0.1, 0.15) is 5.01 Å². The van der Waals surface area contributed by atoms with E-state index in [1.54, 1.807) is 23.6 Å². The fraction of sp³-hybridized carbons (Fsp3) is 0.278. The number of carbonyl (C=O) groups excluding carboxylic acids is 1. The summed E-state index contributed by atoms with van der Waals surface area (Å²) >= 11 is 1.59. The highest BCUT2D eigenvalue weighted by Gasteiger charge is 2.17. The number of hydrogen-bond donors (Lipinski definition) is 2. The van der Waals surface area contributed by atoms with E-state index >= 15 is 0 Å². The molecule has 25 heavy (non-hydrogen) atoms. The van der Waals surface area contributed by atoms with Crippen LogP contribution in [-0.4, -0.2) is 33.8 Å². The van der Waals surface area contributed by atoms with Crippen molar-refractivity contribution in [2.75, 3.05) is 18.4 Å². The molecule has 1 amide bonds. The van der Waals surface area contributed by atoms with Crippen LogP contribution < -0.4 is 10.6 Å². The second kappa shape index (κ2) is 7.16. The van der Waals surface area contributed by atoms with Gasteiger partial charge in [-0.05, 0) is 56.3 Å². The lowest BCUT2D eigenvalue weighted by Crippen LogP contribution is -2.29. The molecule has 0 unspecified atom stereocenters. The van der Waals surface area contributed by atoms with E-state index in [0.29, 0.717) is 11.7 Å². The molecule has 0 spiro atoms. The molecular weight excluding hydrogens is 334 g/mol. The molecule has 2 N–H and O–H groups in total. The zero-order valence-electron chi connectivity index (χ0n) is 13.7. The van der Waals surface area contributed by atoms with E-state index in [1.807, 2.05) is 40.5 Å². The molecule has 1 fully saturated rings. The molecule has 2 aromatic heterocycles. The Labute approximate surface area is 149 Å². The molecule has 0 saturated carbocycles. The van der Waals surface area contributed by atoms with Crippen LogP contribution in [-0.2, 0) is 0 Å². The minimum absolute atomic E-state index is 0.185.